The van der Waals surface area contributed by atoms with Crippen LogP contribution in [0.4, 0.5) is 17.1 Å². The fraction of sp³-hybridized carbons (Fsp3) is 0. The van der Waals surface area contributed by atoms with Crippen LogP contribution in [-0.2, 0) is 0 Å². The van der Waals surface area contributed by atoms with Crippen LogP contribution in [0.3, 0.4) is 0 Å². The smallest absolute Gasteiger partial charge is 0.137 e. The van der Waals surface area contributed by atoms with Crippen molar-refractivity contribution in [3.8, 4) is 44.5 Å². The van der Waals surface area contributed by atoms with Gasteiger partial charge in [-0.25, -0.2) is 0 Å². The molecule has 0 atom stereocenters. The predicted molar refractivity (Wildman–Crippen MR) is 210 cm³/mol. The second-order valence-corrected chi connectivity index (χ2v) is 12.6. The van der Waals surface area contributed by atoms with Crippen LogP contribution in [0.25, 0.3) is 66.4 Å². The Morgan fingerprint density at radius 2 is 0.700 bits per heavy atom. The van der Waals surface area contributed by atoms with Gasteiger partial charge < -0.3 is 9.32 Å². The van der Waals surface area contributed by atoms with Crippen LogP contribution in [0.5, 0.6) is 0 Å². The van der Waals surface area contributed by atoms with Crippen molar-refractivity contribution in [2.45, 2.75) is 0 Å². The molecule has 0 aliphatic rings. The highest BCUT2D eigenvalue weighted by Gasteiger charge is 2.16. The zero-order chi connectivity index (χ0) is 33.3. The first-order valence-corrected chi connectivity index (χ1v) is 17.0. The summed E-state index contributed by atoms with van der Waals surface area (Å²) in [6.07, 6.45) is 0. The number of benzene rings is 8. The molecule has 0 amide bonds. The molecule has 0 saturated carbocycles. The molecule has 236 valence electrons. The Kier molecular flexibility index (Phi) is 7.53. The van der Waals surface area contributed by atoms with Crippen LogP contribution >= 0.6 is 0 Å². The second kappa shape index (κ2) is 12.8. The third kappa shape index (κ3) is 5.63. The van der Waals surface area contributed by atoms with Crippen molar-refractivity contribution in [2.75, 3.05) is 4.90 Å². The molecule has 50 heavy (non-hydrogen) atoms. The molecule has 1 aromatic heterocycles. The lowest BCUT2D eigenvalue weighted by atomic mass is 9.97. The Morgan fingerprint density at radius 1 is 0.260 bits per heavy atom. The van der Waals surface area contributed by atoms with Gasteiger partial charge in [0.05, 0.1) is 0 Å². The average Bonchev–Trinajstić information content (AvgIpc) is 3.57. The van der Waals surface area contributed by atoms with E-state index in [1.165, 1.54) is 44.5 Å². The maximum atomic E-state index is 6.33. The van der Waals surface area contributed by atoms with Gasteiger partial charge in [-0.2, -0.15) is 0 Å². The van der Waals surface area contributed by atoms with Gasteiger partial charge in [-0.15, -0.1) is 0 Å². The lowest BCUT2D eigenvalue weighted by Gasteiger charge is -2.26. The van der Waals surface area contributed by atoms with Gasteiger partial charge in [-0.3, -0.25) is 0 Å². The normalized spacial score (nSPS) is 11.2. The summed E-state index contributed by atoms with van der Waals surface area (Å²) in [5.74, 6) is 0. The number of fused-ring (bicyclic) bond motifs is 3. The first kappa shape index (κ1) is 29.5. The first-order chi connectivity index (χ1) is 24.8. The predicted octanol–water partition coefficient (Wildman–Crippen LogP) is 13.7. The van der Waals surface area contributed by atoms with Crippen LogP contribution in [0.1, 0.15) is 0 Å². The van der Waals surface area contributed by atoms with Crippen molar-refractivity contribution in [1.82, 2.24) is 0 Å². The summed E-state index contributed by atoms with van der Waals surface area (Å²) in [6.45, 7) is 0. The highest BCUT2D eigenvalue weighted by Crippen LogP contribution is 2.40. The van der Waals surface area contributed by atoms with E-state index in [0.29, 0.717) is 0 Å². The number of nitrogens with zero attached hydrogens (tertiary/aromatic N) is 1. The van der Waals surface area contributed by atoms with E-state index in [4.69, 9.17) is 4.42 Å². The minimum atomic E-state index is 0.873. The Morgan fingerprint density at radius 3 is 1.38 bits per heavy atom. The molecule has 0 bridgehead atoms. The number of para-hydroxylation sites is 1. The first-order valence-electron chi connectivity index (χ1n) is 17.0. The molecule has 0 spiro atoms. The average molecular weight is 640 g/mol. The Balaban J connectivity index is 1.08. The molecule has 0 aliphatic carbocycles. The Bertz CT molecular complexity index is 2570. The van der Waals surface area contributed by atoms with E-state index in [1.54, 1.807) is 0 Å². The molecule has 0 saturated heterocycles. The van der Waals surface area contributed by atoms with E-state index in [1.807, 2.05) is 12.1 Å². The van der Waals surface area contributed by atoms with Gasteiger partial charge in [-0.1, -0.05) is 146 Å². The molecule has 8 aromatic carbocycles. The van der Waals surface area contributed by atoms with E-state index in [-0.39, 0.29) is 0 Å². The van der Waals surface area contributed by atoms with Crippen LogP contribution in [0.2, 0.25) is 0 Å². The highest BCUT2D eigenvalue weighted by atomic mass is 16.3. The fourth-order valence-corrected chi connectivity index (χ4v) is 6.92. The van der Waals surface area contributed by atoms with E-state index < -0.39 is 0 Å². The zero-order valence-electron chi connectivity index (χ0n) is 27.4. The van der Waals surface area contributed by atoms with Crippen LogP contribution in [0.15, 0.2) is 205 Å². The van der Waals surface area contributed by atoms with Crippen LogP contribution in [0, 0.1) is 0 Å². The number of rotatable bonds is 7. The molecular weight excluding hydrogens is 607 g/mol. The lowest BCUT2D eigenvalue weighted by molar-refractivity contribution is 0.669. The maximum absolute atomic E-state index is 6.33. The molecule has 0 N–H and O–H groups in total. The fourth-order valence-electron chi connectivity index (χ4n) is 6.92. The molecule has 0 unspecified atom stereocenters. The molecule has 2 nitrogen and oxygen atoms in total. The molecule has 1 heterocycles. The quantitative estimate of drug-likeness (QED) is 0.173. The second-order valence-electron chi connectivity index (χ2n) is 12.6. The molecule has 0 radical (unpaired) electrons. The van der Waals surface area contributed by atoms with Gasteiger partial charge in [0, 0.05) is 33.9 Å². The Labute approximate surface area is 292 Å². The lowest BCUT2D eigenvalue weighted by Crippen LogP contribution is -2.10. The summed E-state index contributed by atoms with van der Waals surface area (Å²) in [7, 11) is 0. The minimum absolute atomic E-state index is 0.873. The zero-order valence-corrected chi connectivity index (χ0v) is 27.4. The van der Waals surface area contributed by atoms with E-state index in [0.717, 1.165) is 39.0 Å². The largest absolute Gasteiger partial charge is 0.456 e. The third-order valence-electron chi connectivity index (χ3n) is 9.48. The van der Waals surface area contributed by atoms with Crippen LogP contribution in [-0.4, -0.2) is 0 Å². The van der Waals surface area contributed by atoms with E-state index >= 15 is 0 Å². The molecule has 9 rings (SSSR count). The third-order valence-corrected chi connectivity index (χ3v) is 9.48. The van der Waals surface area contributed by atoms with Gasteiger partial charge in [0.25, 0.3) is 0 Å². The molecular formula is C48H33NO. The van der Waals surface area contributed by atoms with E-state index in [9.17, 15) is 0 Å². The molecule has 0 fully saturated rings. The van der Waals surface area contributed by atoms with Crippen molar-refractivity contribution in [2.24, 2.45) is 0 Å². The number of hydrogen-bond donors (Lipinski definition) is 0. The van der Waals surface area contributed by atoms with Gasteiger partial charge >= 0.3 is 0 Å². The van der Waals surface area contributed by atoms with Gasteiger partial charge in [-0.05, 0) is 93.0 Å². The van der Waals surface area contributed by atoms with Gasteiger partial charge in [0.15, 0.2) is 0 Å². The SMILES string of the molecule is c1ccc(-c2ccc(-c3cccc(-c4ccc(N(c5cccc(-c6ccccc6)c5)c5ccc6c(c5)oc5ccccc56)cc4)c3)cc2)cc1. The summed E-state index contributed by atoms with van der Waals surface area (Å²) in [4.78, 5) is 2.31. The van der Waals surface area contributed by atoms with Crippen LogP contribution < -0.4 is 4.90 Å². The van der Waals surface area contributed by atoms with Gasteiger partial charge in [0.2, 0.25) is 0 Å². The van der Waals surface area contributed by atoms with Crippen molar-refractivity contribution < 1.29 is 4.42 Å². The summed E-state index contributed by atoms with van der Waals surface area (Å²) in [5.41, 5.74) is 14.5. The standard InChI is InChI=1S/C48H33NO/c1-3-11-34(12-4-1)36-21-23-37(24-22-36)39-15-9-16-40(31-39)38-25-27-42(28-26-38)49(43-18-10-17-41(32-43)35-13-5-2-6-14-35)44-29-30-46-45-19-7-8-20-47(45)50-48(46)33-44/h1-33H. The molecule has 0 aliphatic heterocycles. The van der Waals surface area contributed by atoms with Crippen molar-refractivity contribution >= 4 is 39.0 Å². The van der Waals surface area contributed by atoms with Gasteiger partial charge in [0.1, 0.15) is 11.2 Å². The minimum Gasteiger partial charge on any atom is -0.456 e. The van der Waals surface area contributed by atoms with Crippen molar-refractivity contribution in [3.05, 3.63) is 200 Å². The number of furan rings is 1. The molecule has 2 heteroatoms. The maximum Gasteiger partial charge on any atom is 0.137 e. The van der Waals surface area contributed by atoms with Crippen molar-refractivity contribution in [3.63, 3.8) is 0 Å². The Hall–Kier alpha value is -6.64. The highest BCUT2D eigenvalue weighted by molar-refractivity contribution is 6.06. The summed E-state index contributed by atoms with van der Waals surface area (Å²) < 4.78 is 6.33. The summed E-state index contributed by atoms with van der Waals surface area (Å²) >= 11 is 0. The summed E-state index contributed by atoms with van der Waals surface area (Å²) in [6, 6.07) is 71.1. The van der Waals surface area contributed by atoms with Crippen molar-refractivity contribution in [1.29, 1.82) is 0 Å². The number of anilines is 3. The van der Waals surface area contributed by atoms with E-state index in [2.05, 4.69) is 193 Å². The summed E-state index contributed by atoms with van der Waals surface area (Å²) in [5, 5.41) is 2.25. The molecule has 9 aromatic rings. The topological polar surface area (TPSA) is 16.4 Å². The monoisotopic (exact) mass is 639 g/mol. The number of hydrogen-bond acceptors (Lipinski definition) is 2.